The molecule has 2 unspecified atom stereocenters. The number of hydrogen-bond donors (Lipinski definition) is 0. The van der Waals surface area contributed by atoms with Gasteiger partial charge in [0.25, 0.3) is 0 Å². The van der Waals surface area contributed by atoms with Crippen LogP contribution in [0.4, 0.5) is 4.79 Å². The number of rotatable bonds is 2. The normalized spacial score (nSPS) is 31.1. The van der Waals surface area contributed by atoms with Crippen molar-refractivity contribution in [3.05, 3.63) is 9.28 Å². The third-order valence-corrected chi connectivity index (χ3v) is 4.48. The molecule has 0 N–H and O–H groups in total. The molecule has 2 aliphatic heterocycles. The Labute approximate surface area is 116 Å². The molecule has 4 nitrogen and oxygen atoms in total. The summed E-state index contributed by atoms with van der Waals surface area (Å²) < 4.78 is 6.64. The number of ether oxygens (including phenoxy) is 1. The Balaban J connectivity index is 2.17. The summed E-state index contributed by atoms with van der Waals surface area (Å²) in [6, 6.07) is 0.231. The number of hydrogen-bond acceptors (Lipinski definition) is 3. The van der Waals surface area contributed by atoms with Crippen LogP contribution in [0.15, 0.2) is 9.28 Å². The van der Waals surface area contributed by atoms with Gasteiger partial charge < -0.3 is 4.74 Å². The summed E-state index contributed by atoms with van der Waals surface area (Å²) in [6.07, 6.45) is 0.874. The summed E-state index contributed by atoms with van der Waals surface area (Å²) in [6.45, 7) is 9.13. The van der Waals surface area contributed by atoms with E-state index in [2.05, 4.69) is 34.4 Å². The Kier molecular flexibility index (Phi) is 3.97. The molecule has 0 aliphatic carbocycles. The van der Waals surface area contributed by atoms with Gasteiger partial charge in [-0.05, 0) is 49.4 Å². The van der Waals surface area contributed by atoms with Gasteiger partial charge in [-0.1, -0.05) is 6.92 Å². The van der Waals surface area contributed by atoms with Crippen LogP contribution >= 0.6 is 22.6 Å². The fraction of sp³-hybridized carbons (Fsp3) is 0.750. The molecular formula is C12H19IN2O2. The predicted octanol–water partition coefficient (Wildman–Crippen LogP) is 2.59. The van der Waals surface area contributed by atoms with Gasteiger partial charge in [-0.25, -0.2) is 4.79 Å². The maximum absolute atomic E-state index is 11.9. The van der Waals surface area contributed by atoms with Crippen molar-refractivity contribution in [1.29, 1.82) is 0 Å². The SMILES string of the molecule is CCN1CCC2C(C1)OC(=O)N2/C(C)=C(\C)I. The molecule has 0 aromatic carbocycles. The average molecular weight is 350 g/mol. The molecule has 2 atom stereocenters. The minimum atomic E-state index is -0.175. The standard InChI is InChI=1S/C12H19IN2O2/c1-4-14-6-5-10-11(7-14)17-12(16)15(10)9(3)8(2)13/h10-11H,4-7H2,1-3H3/b9-8+. The molecule has 0 spiro atoms. The van der Waals surface area contributed by atoms with Gasteiger partial charge >= 0.3 is 6.09 Å². The van der Waals surface area contributed by atoms with E-state index in [0.717, 1.165) is 35.3 Å². The van der Waals surface area contributed by atoms with Crippen LogP contribution in [0.2, 0.25) is 0 Å². The first-order chi connectivity index (χ1) is 8.04. The highest BCUT2D eigenvalue weighted by molar-refractivity contribution is 14.1. The van der Waals surface area contributed by atoms with Gasteiger partial charge in [-0.3, -0.25) is 9.80 Å². The third-order valence-electron chi connectivity index (χ3n) is 3.70. The minimum Gasteiger partial charge on any atom is -0.442 e. The number of fused-ring (bicyclic) bond motifs is 1. The summed E-state index contributed by atoms with van der Waals surface area (Å²) in [7, 11) is 0. The number of likely N-dealkylation sites (tertiary alicyclic amines) is 1. The maximum Gasteiger partial charge on any atom is 0.414 e. The first-order valence-corrected chi connectivity index (χ1v) is 7.17. The molecule has 2 rings (SSSR count). The third kappa shape index (κ3) is 2.45. The zero-order chi connectivity index (χ0) is 12.6. The van der Waals surface area contributed by atoms with Crippen molar-refractivity contribution < 1.29 is 9.53 Å². The van der Waals surface area contributed by atoms with Crippen molar-refractivity contribution in [2.75, 3.05) is 19.6 Å². The monoisotopic (exact) mass is 350 g/mol. The van der Waals surface area contributed by atoms with E-state index >= 15 is 0 Å². The highest BCUT2D eigenvalue weighted by atomic mass is 127. The molecular weight excluding hydrogens is 331 g/mol. The van der Waals surface area contributed by atoms with Gasteiger partial charge in [0.2, 0.25) is 0 Å². The van der Waals surface area contributed by atoms with Crippen LogP contribution in [0, 0.1) is 0 Å². The van der Waals surface area contributed by atoms with E-state index < -0.39 is 0 Å². The largest absolute Gasteiger partial charge is 0.442 e. The van der Waals surface area contributed by atoms with Crippen molar-refractivity contribution in [2.45, 2.75) is 39.3 Å². The van der Waals surface area contributed by atoms with E-state index in [1.54, 1.807) is 0 Å². The molecule has 0 radical (unpaired) electrons. The van der Waals surface area contributed by atoms with E-state index in [9.17, 15) is 4.79 Å². The Morgan fingerprint density at radius 3 is 2.82 bits per heavy atom. The highest BCUT2D eigenvalue weighted by Crippen LogP contribution is 2.32. The molecule has 17 heavy (non-hydrogen) atoms. The van der Waals surface area contributed by atoms with Crippen molar-refractivity contribution >= 4 is 28.7 Å². The second-order valence-electron chi connectivity index (χ2n) is 4.66. The smallest absolute Gasteiger partial charge is 0.414 e. The summed E-state index contributed by atoms with van der Waals surface area (Å²) in [5, 5.41) is 0. The second kappa shape index (κ2) is 5.14. The van der Waals surface area contributed by atoms with Gasteiger partial charge in [0.15, 0.2) is 0 Å². The van der Waals surface area contributed by atoms with Gasteiger partial charge in [0.1, 0.15) is 6.10 Å². The summed E-state index contributed by atoms with van der Waals surface area (Å²) in [5.74, 6) is 0. The molecule has 0 aromatic rings. The molecule has 2 heterocycles. The molecule has 2 fully saturated rings. The van der Waals surface area contributed by atoms with Crippen LogP contribution in [0.3, 0.4) is 0 Å². The molecule has 2 saturated heterocycles. The van der Waals surface area contributed by atoms with E-state index in [1.807, 2.05) is 18.7 Å². The number of carbonyl (C=O) groups excluding carboxylic acids is 1. The van der Waals surface area contributed by atoms with Crippen molar-refractivity contribution in [1.82, 2.24) is 9.80 Å². The van der Waals surface area contributed by atoms with E-state index in [-0.39, 0.29) is 18.2 Å². The number of likely N-dealkylation sites (N-methyl/N-ethyl adjacent to an activating group) is 1. The summed E-state index contributed by atoms with van der Waals surface area (Å²) in [4.78, 5) is 16.1. The molecule has 0 aromatic heterocycles. The van der Waals surface area contributed by atoms with Crippen molar-refractivity contribution in [2.24, 2.45) is 0 Å². The molecule has 2 aliphatic rings. The number of halogens is 1. The summed E-state index contributed by atoms with van der Waals surface area (Å²) in [5.41, 5.74) is 1.04. The molecule has 96 valence electrons. The van der Waals surface area contributed by atoms with Gasteiger partial charge in [-0.15, -0.1) is 0 Å². The Morgan fingerprint density at radius 2 is 2.24 bits per heavy atom. The number of nitrogens with zero attached hydrogens (tertiary/aromatic N) is 2. The first kappa shape index (κ1) is 13.1. The van der Waals surface area contributed by atoms with E-state index in [4.69, 9.17) is 4.74 Å². The number of allylic oxidation sites excluding steroid dienone is 2. The fourth-order valence-electron chi connectivity index (χ4n) is 2.54. The lowest BCUT2D eigenvalue weighted by atomic mass is 10.0. The topological polar surface area (TPSA) is 32.8 Å². The van der Waals surface area contributed by atoms with Crippen LogP contribution in [-0.2, 0) is 4.74 Å². The zero-order valence-electron chi connectivity index (χ0n) is 10.6. The maximum atomic E-state index is 11.9. The van der Waals surface area contributed by atoms with Crippen LogP contribution in [0.1, 0.15) is 27.2 Å². The van der Waals surface area contributed by atoms with E-state index in [1.165, 1.54) is 0 Å². The van der Waals surface area contributed by atoms with Crippen LogP contribution in [0.5, 0.6) is 0 Å². The Bertz CT molecular complexity index is 352. The van der Waals surface area contributed by atoms with Crippen LogP contribution < -0.4 is 0 Å². The molecule has 5 heteroatoms. The van der Waals surface area contributed by atoms with Gasteiger partial charge in [0.05, 0.1) is 6.04 Å². The molecule has 0 saturated carbocycles. The van der Waals surface area contributed by atoms with Crippen LogP contribution in [-0.4, -0.2) is 47.7 Å². The fourth-order valence-corrected chi connectivity index (χ4v) is 2.80. The lowest BCUT2D eigenvalue weighted by molar-refractivity contribution is 0.0700. The van der Waals surface area contributed by atoms with Crippen molar-refractivity contribution in [3.8, 4) is 0 Å². The quantitative estimate of drug-likeness (QED) is 0.718. The molecule has 1 amide bonds. The lowest BCUT2D eigenvalue weighted by Crippen LogP contribution is -2.48. The second-order valence-corrected chi connectivity index (χ2v) is 6.28. The highest BCUT2D eigenvalue weighted by Gasteiger charge is 2.45. The number of amides is 1. The average Bonchev–Trinajstić information content (AvgIpc) is 2.62. The summed E-state index contributed by atoms with van der Waals surface area (Å²) >= 11 is 2.26. The zero-order valence-corrected chi connectivity index (χ0v) is 12.7. The van der Waals surface area contributed by atoms with Crippen LogP contribution in [0.25, 0.3) is 0 Å². The Hall–Kier alpha value is -0.300. The first-order valence-electron chi connectivity index (χ1n) is 6.09. The Morgan fingerprint density at radius 1 is 1.53 bits per heavy atom. The van der Waals surface area contributed by atoms with Gasteiger partial charge in [0, 0.05) is 22.4 Å². The number of carbonyl (C=O) groups is 1. The van der Waals surface area contributed by atoms with Gasteiger partial charge in [-0.2, -0.15) is 0 Å². The van der Waals surface area contributed by atoms with Crippen molar-refractivity contribution in [3.63, 3.8) is 0 Å². The number of piperidine rings is 1. The predicted molar refractivity (Wildman–Crippen MR) is 75.0 cm³/mol. The molecule has 0 bridgehead atoms. The lowest BCUT2D eigenvalue weighted by Gasteiger charge is -2.35. The minimum absolute atomic E-state index is 0.0434. The van der Waals surface area contributed by atoms with E-state index in [0.29, 0.717) is 0 Å².